The Balaban J connectivity index is 1.79. The Hall–Kier alpha value is -2.34. The number of amides is 1. The molecule has 0 unspecified atom stereocenters. The Labute approximate surface area is 142 Å². The van der Waals surface area contributed by atoms with Crippen LogP contribution in [0.1, 0.15) is 29.0 Å². The third-order valence-corrected chi connectivity index (χ3v) is 3.70. The van der Waals surface area contributed by atoms with Crippen LogP contribution in [-0.4, -0.2) is 31.3 Å². The van der Waals surface area contributed by atoms with E-state index in [9.17, 15) is 4.79 Å². The zero-order chi connectivity index (χ0) is 17.4. The molecule has 1 aromatic carbocycles. The Morgan fingerprint density at radius 2 is 2.00 bits per heavy atom. The number of aryl methyl sites for hydroxylation is 2. The predicted molar refractivity (Wildman–Crippen MR) is 90.0 cm³/mol. The van der Waals surface area contributed by atoms with E-state index >= 15 is 0 Å². The SMILES string of the molecule is COCCCNC(=O)Cc1ccc(OCc2c(C)noc2C)cc1. The highest BCUT2D eigenvalue weighted by molar-refractivity contribution is 5.78. The summed E-state index contributed by atoms with van der Waals surface area (Å²) in [5.74, 6) is 1.53. The van der Waals surface area contributed by atoms with E-state index in [1.165, 1.54) is 0 Å². The van der Waals surface area contributed by atoms with Crippen molar-refractivity contribution in [2.75, 3.05) is 20.3 Å². The summed E-state index contributed by atoms with van der Waals surface area (Å²) in [6, 6.07) is 7.53. The quantitative estimate of drug-likeness (QED) is 0.715. The lowest BCUT2D eigenvalue weighted by Gasteiger charge is -2.08. The number of aromatic nitrogens is 1. The van der Waals surface area contributed by atoms with Crippen LogP contribution >= 0.6 is 0 Å². The van der Waals surface area contributed by atoms with Crippen LogP contribution in [0.3, 0.4) is 0 Å². The van der Waals surface area contributed by atoms with Crippen molar-refractivity contribution in [2.24, 2.45) is 0 Å². The normalized spacial score (nSPS) is 10.6. The summed E-state index contributed by atoms with van der Waals surface area (Å²) in [7, 11) is 1.65. The molecule has 0 saturated heterocycles. The minimum Gasteiger partial charge on any atom is -0.489 e. The molecule has 0 spiro atoms. The van der Waals surface area contributed by atoms with E-state index in [0.29, 0.717) is 26.2 Å². The highest BCUT2D eigenvalue weighted by Crippen LogP contribution is 2.18. The summed E-state index contributed by atoms with van der Waals surface area (Å²) in [5, 5.41) is 6.77. The first kappa shape index (κ1) is 18.0. The molecule has 0 fully saturated rings. The van der Waals surface area contributed by atoms with Gasteiger partial charge in [-0.05, 0) is 38.0 Å². The van der Waals surface area contributed by atoms with Gasteiger partial charge >= 0.3 is 0 Å². The zero-order valence-corrected chi connectivity index (χ0v) is 14.4. The zero-order valence-electron chi connectivity index (χ0n) is 14.4. The lowest BCUT2D eigenvalue weighted by molar-refractivity contribution is -0.120. The number of ether oxygens (including phenoxy) is 2. The molecule has 0 atom stereocenters. The van der Waals surface area contributed by atoms with Crippen LogP contribution in [0.2, 0.25) is 0 Å². The van der Waals surface area contributed by atoms with E-state index < -0.39 is 0 Å². The molecule has 2 rings (SSSR count). The molecule has 1 heterocycles. The topological polar surface area (TPSA) is 73.6 Å². The first-order chi connectivity index (χ1) is 11.6. The van der Waals surface area contributed by atoms with E-state index in [1.807, 2.05) is 38.1 Å². The van der Waals surface area contributed by atoms with Crippen LogP contribution in [0.5, 0.6) is 5.75 Å². The van der Waals surface area contributed by atoms with Crippen molar-refractivity contribution in [1.29, 1.82) is 0 Å². The second-order valence-electron chi connectivity index (χ2n) is 5.61. The summed E-state index contributed by atoms with van der Waals surface area (Å²) < 4.78 is 15.8. The number of hydrogen-bond acceptors (Lipinski definition) is 5. The fourth-order valence-electron chi connectivity index (χ4n) is 2.26. The average molecular weight is 332 g/mol. The largest absolute Gasteiger partial charge is 0.489 e. The van der Waals surface area contributed by atoms with Gasteiger partial charge in [-0.2, -0.15) is 0 Å². The van der Waals surface area contributed by atoms with Gasteiger partial charge in [-0.15, -0.1) is 0 Å². The molecule has 2 aromatic rings. The van der Waals surface area contributed by atoms with Gasteiger partial charge in [-0.25, -0.2) is 0 Å². The Kier molecular flexibility index (Phi) is 6.81. The highest BCUT2D eigenvalue weighted by atomic mass is 16.5. The summed E-state index contributed by atoms with van der Waals surface area (Å²) >= 11 is 0. The number of nitrogens with one attached hydrogen (secondary N) is 1. The fourth-order valence-corrected chi connectivity index (χ4v) is 2.26. The molecular weight excluding hydrogens is 308 g/mol. The van der Waals surface area contributed by atoms with Crippen LogP contribution < -0.4 is 10.1 Å². The molecule has 0 aliphatic carbocycles. The molecule has 0 radical (unpaired) electrons. The van der Waals surface area contributed by atoms with Gasteiger partial charge in [0.1, 0.15) is 18.1 Å². The third-order valence-electron chi connectivity index (χ3n) is 3.70. The van der Waals surface area contributed by atoms with Crippen molar-refractivity contribution in [3.63, 3.8) is 0 Å². The minimum absolute atomic E-state index is 0.00972. The molecule has 6 nitrogen and oxygen atoms in total. The van der Waals surface area contributed by atoms with Crippen LogP contribution in [-0.2, 0) is 22.6 Å². The van der Waals surface area contributed by atoms with Crippen LogP contribution in [0, 0.1) is 13.8 Å². The number of carbonyl (C=O) groups excluding carboxylic acids is 1. The summed E-state index contributed by atoms with van der Waals surface area (Å²) in [5.41, 5.74) is 2.76. The number of methoxy groups -OCH3 is 1. The smallest absolute Gasteiger partial charge is 0.224 e. The molecule has 0 saturated carbocycles. The van der Waals surface area contributed by atoms with E-state index in [-0.39, 0.29) is 5.91 Å². The van der Waals surface area contributed by atoms with Crippen LogP contribution in [0.25, 0.3) is 0 Å². The van der Waals surface area contributed by atoms with Gasteiger partial charge in [0.2, 0.25) is 5.91 Å². The molecule has 0 aliphatic rings. The highest BCUT2D eigenvalue weighted by Gasteiger charge is 2.09. The van der Waals surface area contributed by atoms with E-state index in [0.717, 1.165) is 34.8 Å². The number of carbonyl (C=O) groups is 1. The van der Waals surface area contributed by atoms with Gasteiger partial charge in [0.15, 0.2) is 0 Å². The number of nitrogens with zero attached hydrogens (tertiary/aromatic N) is 1. The first-order valence-corrected chi connectivity index (χ1v) is 7.99. The molecule has 1 N–H and O–H groups in total. The van der Waals surface area contributed by atoms with E-state index in [2.05, 4.69) is 10.5 Å². The lowest BCUT2D eigenvalue weighted by atomic mass is 10.1. The molecule has 6 heteroatoms. The van der Waals surface area contributed by atoms with Gasteiger partial charge in [0.05, 0.1) is 17.7 Å². The summed E-state index contributed by atoms with van der Waals surface area (Å²) in [6.45, 7) is 5.46. The molecule has 24 heavy (non-hydrogen) atoms. The maximum absolute atomic E-state index is 11.8. The van der Waals surface area contributed by atoms with Crippen molar-refractivity contribution in [2.45, 2.75) is 33.3 Å². The van der Waals surface area contributed by atoms with E-state index in [4.69, 9.17) is 14.0 Å². The van der Waals surface area contributed by atoms with Gasteiger partial charge < -0.3 is 19.3 Å². The third kappa shape index (κ3) is 5.38. The Bertz CT molecular complexity index is 630. The van der Waals surface area contributed by atoms with Gasteiger partial charge in [0, 0.05) is 20.3 Å². The molecule has 0 bridgehead atoms. The van der Waals surface area contributed by atoms with Gasteiger partial charge in [0.25, 0.3) is 0 Å². The number of hydrogen-bond donors (Lipinski definition) is 1. The molecule has 0 aliphatic heterocycles. The van der Waals surface area contributed by atoms with E-state index in [1.54, 1.807) is 7.11 Å². The van der Waals surface area contributed by atoms with Gasteiger partial charge in [-0.1, -0.05) is 17.3 Å². The number of rotatable bonds is 9. The molecular formula is C18H24N2O4. The molecule has 1 aromatic heterocycles. The Morgan fingerprint density at radius 1 is 1.25 bits per heavy atom. The predicted octanol–water partition coefficient (Wildman–Crippen LogP) is 2.57. The standard InChI is InChI=1S/C18H24N2O4/c1-13-17(14(2)24-20-13)12-23-16-7-5-15(6-8-16)11-18(21)19-9-4-10-22-3/h5-8H,4,9-12H2,1-3H3,(H,19,21). The average Bonchev–Trinajstić information content (AvgIpc) is 2.89. The van der Waals surface area contributed by atoms with Crippen LogP contribution in [0.4, 0.5) is 0 Å². The van der Waals surface area contributed by atoms with Crippen molar-refractivity contribution in [3.05, 3.63) is 46.8 Å². The van der Waals surface area contributed by atoms with Crippen molar-refractivity contribution >= 4 is 5.91 Å². The van der Waals surface area contributed by atoms with Crippen molar-refractivity contribution in [1.82, 2.24) is 10.5 Å². The maximum atomic E-state index is 11.8. The second-order valence-corrected chi connectivity index (χ2v) is 5.61. The van der Waals surface area contributed by atoms with Gasteiger partial charge in [-0.3, -0.25) is 4.79 Å². The summed E-state index contributed by atoms with van der Waals surface area (Å²) in [4.78, 5) is 11.8. The fraction of sp³-hybridized carbons (Fsp3) is 0.444. The number of benzene rings is 1. The maximum Gasteiger partial charge on any atom is 0.224 e. The van der Waals surface area contributed by atoms with Crippen molar-refractivity contribution in [3.8, 4) is 5.75 Å². The monoisotopic (exact) mass is 332 g/mol. The van der Waals surface area contributed by atoms with Crippen molar-refractivity contribution < 1.29 is 18.8 Å². The Morgan fingerprint density at radius 3 is 2.62 bits per heavy atom. The lowest BCUT2D eigenvalue weighted by Crippen LogP contribution is -2.26. The summed E-state index contributed by atoms with van der Waals surface area (Å²) in [6.07, 6.45) is 1.17. The minimum atomic E-state index is 0.00972. The molecule has 1 amide bonds. The first-order valence-electron chi connectivity index (χ1n) is 7.99. The second kappa shape index (κ2) is 9.08. The molecule has 130 valence electrons. The van der Waals surface area contributed by atoms with Crippen LogP contribution in [0.15, 0.2) is 28.8 Å².